The van der Waals surface area contributed by atoms with Crippen LogP contribution < -0.4 is 10.6 Å². The number of nitrogens with one attached hydrogen (secondary N) is 2. The van der Waals surface area contributed by atoms with Crippen LogP contribution in [0.5, 0.6) is 0 Å². The SMILES string of the molecule is CCc1ccc(NC(=S)NC(=O)c2ccc(-c3cccc(Cl)c3Cl)o2)cc1. The number of hydrogen-bond donors (Lipinski definition) is 2. The molecule has 1 amide bonds. The van der Waals surface area contributed by atoms with Crippen molar-refractivity contribution in [3.8, 4) is 11.3 Å². The van der Waals surface area contributed by atoms with Crippen LogP contribution in [0, 0.1) is 0 Å². The van der Waals surface area contributed by atoms with Crippen molar-refractivity contribution >= 4 is 52.1 Å². The summed E-state index contributed by atoms with van der Waals surface area (Å²) in [6.45, 7) is 2.08. The molecule has 0 aliphatic carbocycles. The molecule has 4 nitrogen and oxygen atoms in total. The molecule has 3 aromatic rings. The van der Waals surface area contributed by atoms with E-state index in [4.69, 9.17) is 39.8 Å². The largest absolute Gasteiger partial charge is 0.451 e. The molecule has 3 rings (SSSR count). The van der Waals surface area contributed by atoms with Gasteiger partial charge in [-0.1, -0.05) is 48.3 Å². The molecule has 0 atom stereocenters. The molecule has 0 unspecified atom stereocenters. The first-order chi connectivity index (χ1) is 13.0. The average Bonchev–Trinajstić information content (AvgIpc) is 3.14. The van der Waals surface area contributed by atoms with Gasteiger partial charge in [0, 0.05) is 11.3 Å². The molecule has 0 saturated carbocycles. The normalized spacial score (nSPS) is 10.5. The van der Waals surface area contributed by atoms with Gasteiger partial charge in [0.1, 0.15) is 5.76 Å². The Hall–Kier alpha value is -2.34. The van der Waals surface area contributed by atoms with Crippen LogP contribution in [0.1, 0.15) is 23.0 Å². The Balaban J connectivity index is 1.66. The molecule has 2 aromatic carbocycles. The standard InChI is InChI=1S/C20H16Cl2N2O2S/c1-2-12-6-8-13(9-7-12)23-20(27)24-19(25)17-11-10-16(26-17)14-4-3-5-15(21)18(14)22/h3-11H,2H2,1H3,(H2,23,24,25,27). The van der Waals surface area contributed by atoms with Gasteiger partial charge in [-0.25, -0.2) is 0 Å². The molecular weight excluding hydrogens is 403 g/mol. The molecule has 0 radical (unpaired) electrons. The number of halogens is 2. The number of hydrogen-bond acceptors (Lipinski definition) is 3. The number of thiocarbonyl (C=S) groups is 1. The summed E-state index contributed by atoms with van der Waals surface area (Å²) in [5, 5.41) is 6.53. The lowest BCUT2D eigenvalue weighted by Crippen LogP contribution is -2.33. The van der Waals surface area contributed by atoms with Crippen molar-refractivity contribution in [3.63, 3.8) is 0 Å². The summed E-state index contributed by atoms with van der Waals surface area (Å²) in [7, 11) is 0. The second-order valence-electron chi connectivity index (χ2n) is 5.72. The highest BCUT2D eigenvalue weighted by Gasteiger charge is 2.16. The van der Waals surface area contributed by atoms with E-state index in [9.17, 15) is 4.79 Å². The van der Waals surface area contributed by atoms with Crippen molar-refractivity contribution in [3.05, 3.63) is 76.0 Å². The predicted molar refractivity (Wildman–Crippen MR) is 114 cm³/mol. The molecule has 0 aliphatic heterocycles. The first kappa shape index (κ1) is 19.4. The number of rotatable bonds is 4. The lowest BCUT2D eigenvalue weighted by molar-refractivity contribution is 0.0951. The molecule has 1 aromatic heterocycles. The van der Waals surface area contributed by atoms with Gasteiger partial charge in [-0.05, 0) is 60.6 Å². The Morgan fingerprint density at radius 3 is 2.52 bits per heavy atom. The minimum atomic E-state index is -0.456. The molecule has 2 N–H and O–H groups in total. The highest BCUT2D eigenvalue weighted by molar-refractivity contribution is 7.80. The highest BCUT2D eigenvalue weighted by Crippen LogP contribution is 2.34. The van der Waals surface area contributed by atoms with Crippen LogP contribution in [0.2, 0.25) is 10.0 Å². The Morgan fingerprint density at radius 2 is 1.81 bits per heavy atom. The smallest absolute Gasteiger partial charge is 0.293 e. The number of anilines is 1. The number of aryl methyl sites for hydroxylation is 1. The second-order valence-corrected chi connectivity index (χ2v) is 6.92. The summed E-state index contributed by atoms with van der Waals surface area (Å²) in [6, 6.07) is 16.2. The molecule has 27 heavy (non-hydrogen) atoms. The van der Waals surface area contributed by atoms with E-state index in [1.807, 2.05) is 24.3 Å². The molecule has 1 heterocycles. The number of benzene rings is 2. The van der Waals surface area contributed by atoms with Crippen molar-refractivity contribution in [1.29, 1.82) is 0 Å². The van der Waals surface area contributed by atoms with E-state index in [-0.39, 0.29) is 10.9 Å². The van der Waals surface area contributed by atoms with E-state index in [0.717, 1.165) is 12.1 Å². The van der Waals surface area contributed by atoms with Gasteiger partial charge in [0.05, 0.1) is 10.0 Å². The second kappa shape index (κ2) is 8.57. The van der Waals surface area contributed by atoms with Gasteiger partial charge in [0.25, 0.3) is 5.91 Å². The van der Waals surface area contributed by atoms with Crippen LogP contribution in [-0.2, 0) is 6.42 Å². The van der Waals surface area contributed by atoms with E-state index in [1.54, 1.807) is 30.3 Å². The molecule has 0 aliphatic rings. The molecular formula is C20H16Cl2N2O2S. The summed E-state index contributed by atoms with van der Waals surface area (Å²) in [6.07, 6.45) is 0.957. The third-order valence-electron chi connectivity index (χ3n) is 3.89. The lowest BCUT2D eigenvalue weighted by Gasteiger charge is -2.09. The van der Waals surface area contributed by atoms with Crippen molar-refractivity contribution in [1.82, 2.24) is 5.32 Å². The fraction of sp³-hybridized carbons (Fsp3) is 0.100. The predicted octanol–water partition coefficient (Wildman–Crippen LogP) is 5.94. The van der Waals surface area contributed by atoms with Crippen LogP contribution >= 0.6 is 35.4 Å². The van der Waals surface area contributed by atoms with Crippen molar-refractivity contribution in [2.45, 2.75) is 13.3 Å². The van der Waals surface area contributed by atoms with Gasteiger partial charge in [-0.15, -0.1) is 0 Å². The Bertz CT molecular complexity index is 984. The maximum Gasteiger partial charge on any atom is 0.293 e. The maximum atomic E-state index is 12.4. The van der Waals surface area contributed by atoms with Gasteiger partial charge in [-0.3, -0.25) is 10.1 Å². The number of furan rings is 1. The zero-order chi connectivity index (χ0) is 19.4. The third kappa shape index (κ3) is 4.69. The first-order valence-corrected chi connectivity index (χ1v) is 9.40. The van der Waals surface area contributed by atoms with Crippen LogP contribution in [0.4, 0.5) is 5.69 Å². The van der Waals surface area contributed by atoms with Gasteiger partial charge in [-0.2, -0.15) is 0 Å². The summed E-state index contributed by atoms with van der Waals surface area (Å²) in [4.78, 5) is 12.4. The maximum absolute atomic E-state index is 12.4. The summed E-state index contributed by atoms with van der Waals surface area (Å²) in [5.41, 5.74) is 2.63. The summed E-state index contributed by atoms with van der Waals surface area (Å²) in [5.74, 6) is 0.107. The molecule has 7 heteroatoms. The van der Waals surface area contributed by atoms with Crippen molar-refractivity contribution in [2.24, 2.45) is 0 Å². The topological polar surface area (TPSA) is 54.3 Å². The average molecular weight is 419 g/mol. The van der Waals surface area contributed by atoms with Crippen LogP contribution in [-0.4, -0.2) is 11.0 Å². The van der Waals surface area contributed by atoms with E-state index < -0.39 is 5.91 Å². The fourth-order valence-corrected chi connectivity index (χ4v) is 3.05. The van der Waals surface area contributed by atoms with E-state index in [2.05, 4.69) is 17.6 Å². The van der Waals surface area contributed by atoms with Gasteiger partial charge >= 0.3 is 0 Å². The van der Waals surface area contributed by atoms with Gasteiger partial charge < -0.3 is 9.73 Å². The van der Waals surface area contributed by atoms with Crippen LogP contribution in [0.3, 0.4) is 0 Å². The zero-order valence-electron chi connectivity index (χ0n) is 14.4. The monoisotopic (exact) mass is 418 g/mol. The fourth-order valence-electron chi connectivity index (χ4n) is 2.45. The molecule has 0 saturated heterocycles. The summed E-state index contributed by atoms with van der Waals surface area (Å²) >= 11 is 17.4. The minimum absolute atomic E-state index is 0.117. The third-order valence-corrected chi connectivity index (χ3v) is 4.92. The first-order valence-electron chi connectivity index (χ1n) is 8.23. The molecule has 0 bridgehead atoms. The van der Waals surface area contributed by atoms with Crippen molar-refractivity contribution < 1.29 is 9.21 Å². The van der Waals surface area contributed by atoms with Crippen LogP contribution in [0.15, 0.2) is 59.0 Å². The van der Waals surface area contributed by atoms with E-state index >= 15 is 0 Å². The van der Waals surface area contributed by atoms with Gasteiger partial charge in [0.2, 0.25) is 0 Å². The molecule has 0 spiro atoms. The van der Waals surface area contributed by atoms with E-state index in [1.165, 1.54) is 5.56 Å². The highest BCUT2D eigenvalue weighted by atomic mass is 35.5. The Labute approximate surface area is 172 Å². The molecule has 138 valence electrons. The quantitative estimate of drug-likeness (QED) is 0.514. The minimum Gasteiger partial charge on any atom is -0.451 e. The number of carbonyl (C=O) groups is 1. The van der Waals surface area contributed by atoms with Crippen molar-refractivity contribution in [2.75, 3.05) is 5.32 Å². The zero-order valence-corrected chi connectivity index (χ0v) is 16.7. The lowest BCUT2D eigenvalue weighted by atomic mass is 10.1. The van der Waals surface area contributed by atoms with E-state index in [0.29, 0.717) is 21.4 Å². The molecule has 0 fully saturated rings. The Kier molecular flexibility index (Phi) is 6.16. The van der Waals surface area contributed by atoms with Gasteiger partial charge in [0.15, 0.2) is 10.9 Å². The Morgan fingerprint density at radius 1 is 1.07 bits per heavy atom. The number of carbonyl (C=O) groups excluding carboxylic acids is 1. The summed E-state index contributed by atoms with van der Waals surface area (Å²) < 4.78 is 5.61. The van der Waals surface area contributed by atoms with Crippen LogP contribution in [0.25, 0.3) is 11.3 Å². The number of amides is 1.